The fourth-order valence-electron chi connectivity index (χ4n) is 2.39. The van der Waals surface area contributed by atoms with Crippen LogP contribution in [0.1, 0.15) is 12.0 Å². The average molecular weight is 276 g/mol. The molecule has 1 saturated heterocycles. The minimum absolute atomic E-state index is 0.0364. The average Bonchev–Trinajstić information content (AvgIpc) is 2.71. The predicted octanol–water partition coefficient (Wildman–Crippen LogP) is 1.95. The van der Waals surface area contributed by atoms with Crippen molar-refractivity contribution in [3.63, 3.8) is 0 Å². The van der Waals surface area contributed by atoms with Crippen molar-refractivity contribution in [1.29, 1.82) is 0 Å². The number of nitrogens with zero attached hydrogens (tertiary/aromatic N) is 2. The molecule has 0 spiro atoms. The maximum Gasteiger partial charge on any atom is 0.239 e. The van der Waals surface area contributed by atoms with E-state index < -0.39 is 0 Å². The van der Waals surface area contributed by atoms with Gasteiger partial charge in [-0.2, -0.15) is 0 Å². The lowest BCUT2D eigenvalue weighted by atomic mass is 10.1. The van der Waals surface area contributed by atoms with E-state index in [4.69, 9.17) is 17.3 Å². The Bertz CT molecular complexity index is 644. The summed E-state index contributed by atoms with van der Waals surface area (Å²) in [5.41, 5.74) is 7.66. The van der Waals surface area contributed by atoms with Crippen molar-refractivity contribution in [2.75, 3.05) is 6.54 Å². The van der Waals surface area contributed by atoms with E-state index in [-0.39, 0.29) is 11.9 Å². The first-order valence-electron chi connectivity index (χ1n) is 6.23. The van der Waals surface area contributed by atoms with Gasteiger partial charge in [0.2, 0.25) is 5.91 Å². The second-order valence-corrected chi connectivity index (χ2v) is 5.20. The second kappa shape index (κ2) is 4.79. The number of amides is 1. The summed E-state index contributed by atoms with van der Waals surface area (Å²) in [6.45, 7) is 1.34. The molecule has 1 fully saturated rings. The lowest BCUT2D eigenvalue weighted by molar-refractivity contribution is -0.129. The summed E-state index contributed by atoms with van der Waals surface area (Å²) in [6.07, 6.45) is 0.740. The quantitative estimate of drug-likeness (QED) is 0.852. The zero-order valence-corrected chi connectivity index (χ0v) is 11.1. The van der Waals surface area contributed by atoms with Gasteiger partial charge in [0.25, 0.3) is 0 Å². The summed E-state index contributed by atoms with van der Waals surface area (Å²) < 4.78 is 0. The molecule has 1 aliphatic rings. The maximum atomic E-state index is 11.8. The maximum absolute atomic E-state index is 11.8. The van der Waals surface area contributed by atoms with Gasteiger partial charge >= 0.3 is 0 Å². The van der Waals surface area contributed by atoms with Gasteiger partial charge in [-0.25, -0.2) is 4.98 Å². The zero-order valence-electron chi connectivity index (χ0n) is 10.3. The fraction of sp³-hybridized carbons (Fsp3) is 0.286. The first-order valence-corrected chi connectivity index (χ1v) is 6.61. The number of halogens is 1. The Morgan fingerprint density at radius 3 is 2.95 bits per heavy atom. The third kappa shape index (κ3) is 2.41. The largest absolute Gasteiger partial charge is 0.337 e. The highest BCUT2D eigenvalue weighted by atomic mass is 35.5. The van der Waals surface area contributed by atoms with Crippen LogP contribution in [0.2, 0.25) is 5.15 Å². The number of aromatic nitrogens is 1. The van der Waals surface area contributed by atoms with Crippen LogP contribution in [0.3, 0.4) is 0 Å². The molecule has 1 aromatic heterocycles. The van der Waals surface area contributed by atoms with Crippen LogP contribution in [0.25, 0.3) is 10.9 Å². The van der Waals surface area contributed by atoms with Crippen LogP contribution >= 0.6 is 11.6 Å². The predicted molar refractivity (Wildman–Crippen MR) is 74.8 cm³/mol. The van der Waals surface area contributed by atoms with E-state index in [2.05, 4.69) is 4.98 Å². The van der Waals surface area contributed by atoms with Crippen molar-refractivity contribution in [3.8, 4) is 0 Å². The molecule has 3 rings (SSSR count). The number of nitrogens with two attached hydrogens (primary N) is 1. The van der Waals surface area contributed by atoms with Gasteiger partial charge in [-0.05, 0) is 36.2 Å². The Morgan fingerprint density at radius 2 is 2.21 bits per heavy atom. The molecular formula is C14H14ClN3O. The molecule has 0 radical (unpaired) electrons. The van der Waals surface area contributed by atoms with Crippen LogP contribution in [-0.2, 0) is 11.3 Å². The number of carbonyl (C=O) groups is 1. The van der Waals surface area contributed by atoms with Crippen molar-refractivity contribution in [3.05, 3.63) is 41.0 Å². The Hall–Kier alpha value is -1.65. The van der Waals surface area contributed by atoms with Crippen molar-refractivity contribution < 1.29 is 4.79 Å². The van der Waals surface area contributed by atoms with E-state index in [9.17, 15) is 4.79 Å². The first-order chi connectivity index (χ1) is 9.13. The molecule has 2 aromatic rings. The molecule has 1 atom stereocenters. The van der Waals surface area contributed by atoms with Crippen LogP contribution in [-0.4, -0.2) is 28.4 Å². The highest BCUT2D eigenvalue weighted by Crippen LogP contribution is 2.19. The molecule has 4 nitrogen and oxygen atoms in total. The molecule has 0 unspecified atom stereocenters. The molecular weight excluding hydrogens is 262 g/mol. The van der Waals surface area contributed by atoms with Crippen molar-refractivity contribution in [2.24, 2.45) is 5.73 Å². The molecule has 2 N–H and O–H groups in total. The monoisotopic (exact) mass is 275 g/mol. The molecule has 0 aliphatic carbocycles. The number of hydrogen-bond donors (Lipinski definition) is 1. The van der Waals surface area contributed by atoms with Crippen LogP contribution in [0.5, 0.6) is 0 Å². The number of pyridine rings is 1. The molecule has 98 valence electrons. The summed E-state index contributed by atoms with van der Waals surface area (Å²) in [4.78, 5) is 17.8. The van der Waals surface area contributed by atoms with Gasteiger partial charge in [-0.3, -0.25) is 4.79 Å². The summed E-state index contributed by atoms with van der Waals surface area (Å²) in [7, 11) is 0. The number of rotatable bonds is 2. The molecule has 1 aliphatic heterocycles. The number of carbonyl (C=O) groups excluding carboxylic acids is 1. The zero-order chi connectivity index (χ0) is 13.4. The molecule has 0 saturated carbocycles. The van der Waals surface area contributed by atoms with E-state index >= 15 is 0 Å². The Morgan fingerprint density at radius 1 is 1.37 bits per heavy atom. The van der Waals surface area contributed by atoms with Crippen molar-refractivity contribution in [2.45, 2.75) is 19.0 Å². The summed E-state index contributed by atoms with van der Waals surface area (Å²) >= 11 is 5.85. The Kier molecular flexibility index (Phi) is 3.12. The van der Waals surface area contributed by atoms with Crippen molar-refractivity contribution >= 4 is 28.4 Å². The van der Waals surface area contributed by atoms with Gasteiger partial charge in [-0.1, -0.05) is 17.7 Å². The smallest absolute Gasteiger partial charge is 0.239 e. The van der Waals surface area contributed by atoms with E-state index in [1.807, 2.05) is 24.3 Å². The molecule has 2 heterocycles. The van der Waals surface area contributed by atoms with E-state index in [1.165, 1.54) is 0 Å². The van der Waals surface area contributed by atoms with Gasteiger partial charge in [0.1, 0.15) is 5.15 Å². The third-order valence-corrected chi connectivity index (χ3v) is 3.64. The van der Waals surface area contributed by atoms with Crippen LogP contribution in [0.4, 0.5) is 0 Å². The minimum Gasteiger partial charge on any atom is -0.337 e. The number of hydrogen-bond acceptors (Lipinski definition) is 3. The van der Waals surface area contributed by atoms with Crippen LogP contribution < -0.4 is 5.73 Å². The van der Waals surface area contributed by atoms with Gasteiger partial charge in [0.15, 0.2) is 0 Å². The first kappa shape index (κ1) is 12.4. The highest BCUT2D eigenvalue weighted by Gasteiger charge is 2.28. The summed E-state index contributed by atoms with van der Waals surface area (Å²) in [5, 5.41) is 1.51. The molecule has 0 bridgehead atoms. The van der Waals surface area contributed by atoms with Gasteiger partial charge in [0, 0.05) is 18.5 Å². The second-order valence-electron chi connectivity index (χ2n) is 4.82. The number of fused-ring (bicyclic) bond motifs is 1. The van der Waals surface area contributed by atoms with E-state index in [0.717, 1.165) is 29.4 Å². The SMILES string of the molecule is N[C@H]1CCN(Cc2ccc3nc(Cl)ccc3c2)C1=O. The minimum atomic E-state index is -0.332. The van der Waals surface area contributed by atoms with Gasteiger partial charge in [0.05, 0.1) is 11.6 Å². The summed E-state index contributed by atoms with van der Waals surface area (Å²) in [6, 6.07) is 9.31. The standard InChI is InChI=1S/C14H14ClN3O/c15-13-4-2-10-7-9(1-3-12(10)17-13)8-18-6-5-11(16)14(18)19/h1-4,7,11H,5-6,8,16H2/t11-/m0/s1. The molecule has 19 heavy (non-hydrogen) atoms. The fourth-order valence-corrected chi connectivity index (χ4v) is 2.54. The lowest BCUT2D eigenvalue weighted by Gasteiger charge is -2.16. The normalized spacial score (nSPS) is 19.4. The molecule has 5 heteroatoms. The molecule has 1 aromatic carbocycles. The number of likely N-dealkylation sites (tertiary alicyclic amines) is 1. The van der Waals surface area contributed by atoms with Crippen molar-refractivity contribution in [1.82, 2.24) is 9.88 Å². The molecule has 1 amide bonds. The van der Waals surface area contributed by atoms with Crippen LogP contribution in [0, 0.1) is 0 Å². The topological polar surface area (TPSA) is 59.2 Å². The van der Waals surface area contributed by atoms with Gasteiger partial charge in [-0.15, -0.1) is 0 Å². The van der Waals surface area contributed by atoms with E-state index in [1.54, 1.807) is 11.0 Å². The van der Waals surface area contributed by atoms with Crippen LogP contribution in [0.15, 0.2) is 30.3 Å². The number of benzene rings is 1. The Balaban J connectivity index is 1.86. The Labute approximate surface area is 116 Å². The highest BCUT2D eigenvalue weighted by molar-refractivity contribution is 6.29. The lowest BCUT2D eigenvalue weighted by Crippen LogP contribution is -2.33. The van der Waals surface area contributed by atoms with E-state index in [0.29, 0.717) is 11.7 Å². The summed E-state index contributed by atoms with van der Waals surface area (Å²) in [5.74, 6) is 0.0364. The third-order valence-electron chi connectivity index (χ3n) is 3.43. The van der Waals surface area contributed by atoms with Gasteiger partial charge < -0.3 is 10.6 Å².